The first-order valence-corrected chi connectivity index (χ1v) is 19.6. The van der Waals surface area contributed by atoms with Crippen LogP contribution in [0.4, 0.5) is 5.69 Å². The standard InChI is InChI=1S/C47H57NO6/c1-5-6-7-8-9-10-11-12-33-51-42-26-18-39(19-27-42)47(50)54-45-30-22-41(23-31-45)48-35-38-16-24-44(25-17-38)53-46(49)40-20-28-43(29-21-40)52-34-32-37(4)15-13-14-36(2)3/h14,16-31,35,37H,5-13,15,32-34H2,1-4H3. The lowest BCUT2D eigenvalue weighted by atomic mass is 10.0. The molecule has 0 aliphatic carbocycles. The number of benzene rings is 4. The van der Waals surface area contributed by atoms with Gasteiger partial charge in [-0.3, -0.25) is 4.99 Å². The molecule has 0 N–H and O–H groups in total. The minimum absolute atomic E-state index is 0.429. The number of hydrogen-bond donors (Lipinski definition) is 0. The van der Waals surface area contributed by atoms with Crippen molar-refractivity contribution >= 4 is 23.8 Å². The fourth-order valence-corrected chi connectivity index (χ4v) is 5.68. The van der Waals surface area contributed by atoms with Crippen LogP contribution in [0.3, 0.4) is 0 Å². The fourth-order valence-electron chi connectivity index (χ4n) is 5.68. The number of allylic oxidation sites excluding steroid dienone is 2. The zero-order valence-electron chi connectivity index (χ0n) is 32.6. The van der Waals surface area contributed by atoms with Crippen molar-refractivity contribution in [2.75, 3.05) is 13.2 Å². The van der Waals surface area contributed by atoms with Gasteiger partial charge in [-0.05, 0) is 148 Å². The van der Waals surface area contributed by atoms with Crippen molar-refractivity contribution in [1.82, 2.24) is 0 Å². The molecule has 0 aliphatic rings. The van der Waals surface area contributed by atoms with Gasteiger partial charge in [0.25, 0.3) is 0 Å². The van der Waals surface area contributed by atoms with Gasteiger partial charge in [-0.15, -0.1) is 0 Å². The maximum absolute atomic E-state index is 12.7. The van der Waals surface area contributed by atoms with Crippen molar-refractivity contribution in [1.29, 1.82) is 0 Å². The second-order valence-electron chi connectivity index (χ2n) is 14.1. The minimum atomic E-state index is -0.438. The third-order valence-corrected chi connectivity index (χ3v) is 9.04. The number of carbonyl (C=O) groups is 2. The smallest absolute Gasteiger partial charge is 0.343 e. The van der Waals surface area contributed by atoms with Gasteiger partial charge in [-0.25, -0.2) is 9.59 Å². The van der Waals surface area contributed by atoms with Gasteiger partial charge in [0, 0.05) is 6.21 Å². The second-order valence-corrected chi connectivity index (χ2v) is 14.1. The van der Waals surface area contributed by atoms with Crippen LogP contribution >= 0.6 is 0 Å². The molecule has 0 bridgehead atoms. The number of hydrogen-bond acceptors (Lipinski definition) is 7. The summed E-state index contributed by atoms with van der Waals surface area (Å²) in [7, 11) is 0. The Morgan fingerprint density at radius 1 is 0.593 bits per heavy atom. The monoisotopic (exact) mass is 731 g/mol. The van der Waals surface area contributed by atoms with Crippen molar-refractivity contribution in [2.45, 2.75) is 98.3 Å². The molecule has 4 aromatic carbocycles. The van der Waals surface area contributed by atoms with Crippen LogP contribution in [0, 0.1) is 5.92 Å². The molecule has 0 spiro atoms. The van der Waals surface area contributed by atoms with Crippen LogP contribution in [0.25, 0.3) is 0 Å². The number of rotatable bonds is 23. The zero-order valence-corrected chi connectivity index (χ0v) is 32.6. The summed E-state index contributed by atoms with van der Waals surface area (Å²) in [4.78, 5) is 29.9. The van der Waals surface area contributed by atoms with Crippen LogP contribution < -0.4 is 18.9 Å². The molecular formula is C47H57NO6. The molecule has 1 unspecified atom stereocenters. The summed E-state index contributed by atoms with van der Waals surface area (Å²) in [5, 5.41) is 0. The summed E-state index contributed by atoms with van der Waals surface area (Å²) in [6, 6.07) is 28.2. The highest BCUT2D eigenvalue weighted by molar-refractivity contribution is 5.92. The molecule has 0 amide bonds. The van der Waals surface area contributed by atoms with E-state index in [2.05, 4.69) is 38.8 Å². The van der Waals surface area contributed by atoms with Crippen LogP contribution in [-0.4, -0.2) is 31.4 Å². The molecule has 0 heterocycles. The Kier molecular flexibility index (Phi) is 18.1. The van der Waals surface area contributed by atoms with Gasteiger partial charge in [0.15, 0.2) is 0 Å². The van der Waals surface area contributed by atoms with E-state index in [-0.39, 0.29) is 0 Å². The van der Waals surface area contributed by atoms with Crippen molar-refractivity contribution < 1.29 is 28.5 Å². The molecule has 0 saturated carbocycles. The van der Waals surface area contributed by atoms with E-state index in [0.717, 1.165) is 42.7 Å². The van der Waals surface area contributed by atoms with Gasteiger partial charge in [-0.1, -0.05) is 70.4 Å². The van der Waals surface area contributed by atoms with E-state index < -0.39 is 11.9 Å². The topological polar surface area (TPSA) is 83.4 Å². The first-order chi connectivity index (χ1) is 26.3. The first kappa shape index (κ1) is 41.6. The van der Waals surface area contributed by atoms with Crippen molar-refractivity contribution in [3.63, 3.8) is 0 Å². The number of ether oxygens (including phenoxy) is 4. The summed E-state index contributed by atoms with van der Waals surface area (Å²) >= 11 is 0. The first-order valence-electron chi connectivity index (χ1n) is 19.6. The maximum atomic E-state index is 12.7. The summed E-state index contributed by atoms with van der Waals surface area (Å²) in [6.07, 6.45) is 17.3. The Labute approximate surface area is 322 Å². The van der Waals surface area contributed by atoms with E-state index in [1.807, 2.05) is 12.1 Å². The van der Waals surface area contributed by atoms with E-state index in [9.17, 15) is 9.59 Å². The molecule has 4 rings (SSSR count). The van der Waals surface area contributed by atoms with Crippen molar-refractivity contribution in [2.24, 2.45) is 10.9 Å². The molecular weight excluding hydrogens is 675 g/mol. The van der Waals surface area contributed by atoms with Crippen LogP contribution in [0.2, 0.25) is 0 Å². The largest absolute Gasteiger partial charge is 0.494 e. The summed E-state index contributed by atoms with van der Waals surface area (Å²) in [5.41, 5.74) is 3.79. The van der Waals surface area contributed by atoms with Crippen LogP contribution in [0.5, 0.6) is 23.0 Å². The number of esters is 2. The Bertz CT molecular complexity index is 1740. The lowest BCUT2D eigenvalue weighted by Gasteiger charge is -2.12. The summed E-state index contributed by atoms with van der Waals surface area (Å²) in [5.74, 6) is 2.06. The Hall–Kier alpha value is -5.17. The van der Waals surface area contributed by atoms with Gasteiger partial charge in [0.2, 0.25) is 0 Å². The highest BCUT2D eigenvalue weighted by Gasteiger charge is 2.11. The van der Waals surface area contributed by atoms with E-state index in [1.54, 1.807) is 91.1 Å². The van der Waals surface area contributed by atoms with E-state index >= 15 is 0 Å². The van der Waals surface area contributed by atoms with Gasteiger partial charge in [0.05, 0.1) is 30.0 Å². The Morgan fingerprint density at radius 3 is 1.61 bits per heavy atom. The van der Waals surface area contributed by atoms with Gasteiger partial charge >= 0.3 is 11.9 Å². The lowest BCUT2D eigenvalue weighted by Crippen LogP contribution is -2.08. The van der Waals surface area contributed by atoms with E-state index in [0.29, 0.717) is 47.4 Å². The highest BCUT2D eigenvalue weighted by atomic mass is 16.5. The van der Waals surface area contributed by atoms with E-state index in [1.165, 1.54) is 50.5 Å². The zero-order chi connectivity index (χ0) is 38.4. The molecule has 7 nitrogen and oxygen atoms in total. The molecule has 0 fully saturated rings. The molecule has 0 aliphatic heterocycles. The minimum Gasteiger partial charge on any atom is -0.494 e. The predicted octanol–water partition coefficient (Wildman–Crippen LogP) is 12.5. The average molecular weight is 732 g/mol. The van der Waals surface area contributed by atoms with Crippen molar-refractivity contribution in [3.05, 3.63) is 125 Å². The molecule has 0 saturated heterocycles. The molecule has 0 radical (unpaired) electrons. The van der Waals surface area contributed by atoms with Gasteiger partial charge in [0.1, 0.15) is 23.0 Å². The van der Waals surface area contributed by atoms with E-state index in [4.69, 9.17) is 18.9 Å². The maximum Gasteiger partial charge on any atom is 0.343 e. The second kappa shape index (κ2) is 23.5. The Balaban J connectivity index is 1.14. The predicted molar refractivity (Wildman–Crippen MR) is 219 cm³/mol. The molecule has 7 heteroatoms. The van der Waals surface area contributed by atoms with Crippen LogP contribution in [0.1, 0.15) is 125 Å². The molecule has 286 valence electrons. The molecule has 1 atom stereocenters. The average Bonchev–Trinajstić information content (AvgIpc) is 3.18. The quantitative estimate of drug-likeness (QED) is 0.0248. The van der Waals surface area contributed by atoms with Gasteiger partial charge < -0.3 is 18.9 Å². The molecule has 54 heavy (non-hydrogen) atoms. The fraction of sp³-hybridized carbons (Fsp3) is 0.383. The van der Waals surface area contributed by atoms with Crippen LogP contribution in [0.15, 0.2) is 114 Å². The summed E-state index contributed by atoms with van der Waals surface area (Å²) < 4.78 is 22.9. The normalized spacial score (nSPS) is 11.6. The number of unbranched alkanes of at least 4 members (excludes halogenated alkanes) is 7. The van der Waals surface area contributed by atoms with Crippen LogP contribution in [-0.2, 0) is 0 Å². The summed E-state index contributed by atoms with van der Waals surface area (Å²) in [6.45, 7) is 10.1. The number of carbonyl (C=O) groups excluding carboxylic acids is 2. The molecule has 4 aromatic rings. The third-order valence-electron chi connectivity index (χ3n) is 9.04. The molecule has 0 aromatic heterocycles. The lowest BCUT2D eigenvalue weighted by molar-refractivity contribution is 0.0725. The number of nitrogens with zero attached hydrogens (tertiary/aromatic N) is 1. The van der Waals surface area contributed by atoms with Crippen molar-refractivity contribution in [3.8, 4) is 23.0 Å². The highest BCUT2D eigenvalue weighted by Crippen LogP contribution is 2.22. The number of aliphatic imine (C=N–C) groups is 1. The van der Waals surface area contributed by atoms with Gasteiger partial charge in [-0.2, -0.15) is 0 Å². The third kappa shape index (κ3) is 15.8. The Morgan fingerprint density at radius 2 is 1.07 bits per heavy atom. The SMILES string of the molecule is CCCCCCCCCCOc1ccc(C(=O)Oc2ccc(N=Cc3ccc(OC(=O)c4ccc(OCCC(C)CCC=C(C)C)cc4)cc3)cc2)cc1.